The summed E-state index contributed by atoms with van der Waals surface area (Å²) in [5.74, 6) is 0.733. The molecule has 2 aliphatic heterocycles. The van der Waals surface area contributed by atoms with Gasteiger partial charge in [-0.25, -0.2) is 17.8 Å². The van der Waals surface area contributed by atoms with E-state index in [1.54, 1.807) is 30.3 Å². The van der Waals surface area contributed by atoms with E-state index in [2.05, 4.69) is 37.5 Å². The highest BCUT2D eigenvalue weighted by Gasteiger charge is 2.37. The lowest BCUT2D eigenvalue weighted by Crippen LogP contribution is -2.56. The van der Waals surface area contributed by atoms with Gasteiger partial charge in [0.2, 0.25) is 0 Å². The van der Waals surface area contributed by atoms with Crippen molar-refractivity contribution >= 4 is 20.9 Å². The van der Waals surface area contributed by atoms with E-state index < -0.39 is 9.84 Å². The molecule has 2 saturated heterocycles. The first-order chi connectivity index (χ1) is 18.5. The average molecular weight is 555 g/mol. The molecule has 1 aromatic heterocycles. The molecule has 3 atom stereocenters. The highest BCUT2D eigenvalue weighted by Crippen LogP contribution is 2.37. The van der Waals surface area contributed by atoms with Gasteiger partial charge in [-0.3, -0.25) is 4.90 Å². The molecule has 0 amide bonds. The average Bonchev–Trinajstić information content (AvgIpc) is 3.22. The monoisotopic (exact) mass is 554 g/mol. The molecule has 212 valence electrons. The van der Waals surface area contributed by atoms with Crippen molar-refractivity contribution in [3.05, 3.63) is 47.8 Å². The van der Waals surface area contributed by atoms with Crippen LogP contribution in [0, 0.1) is 5.82 Å². The van der Waals surface area contributed by atoms with Gasteiger partial charge in [0.05, 0.1) is 15.9 Å². The van der Waals surface area contributed by atoms with E-state index in [1.165, 1.54) is 25.5 Å². The number of rotatable bonds is 6. The second-order valence-corrected chi connectivity index (χ2v) is 14.1. The summed E-state index contributed by atoms with van der Waals surface area (Å²) in [6.07, 6.45) is 6.75. The quantitative estimate of drug-likeness (QED) is 0.374. The molecular formula is C31H43FN4O2S. The van der Waals surface area contributed by atoms with Gasteiger partial charge in [-0.05, 0) is 108 Å². The number of hydrogen-bond acceptors (Lipinski definition) is 5. The third kappa shape index (κ3) is 5.52. The summed E-state index contributed by atoms with van der Waals surface area (Å²) in [5, 5.41) is 0. The van der Waals surface area contributed by atoms with Crippen molar-refractivity contribution in [1.29, 1.82) is 0 Å². The van der Waals surface area contributed by atoms with Crippen LogP contribution in [0.3, 0.4) is 0 Å². The van der Waals surface area contributed by atoms with E-state index in [9.17, 15) is 8.42 Å². The van der Waals surface area contributed by atoms with Crippen molar-refractivity contribution in [2.24, 2.45) is 7.05 Å². The van der Waals surface area contributed by atoms with Crippen LogP contribution in [0.2, 0.25) is 0 Å². The number of imidazole rings is 1. The van der Waals surface area contributed by atoms with E-state index in [1.807, 2.05) is 17.7 Å². The third-order valence-electron chi connectivity index (χ3n) is 9.18. The Morgan fingerprint density at radius 1 is 1.08 bits per heavy atom. The van der Waals surface area contributed by atoms with Crippen LogP contribution in [0.5, 0.6) is 0 Å². The summed E-state index contributed by atoms with van der Waals surface area (Å²) in [5.41, 5.74) is 3.10. The van der Waals surface area contributed by atoms with Gasteiger partial charge in [0, 0.05) is 49.1 Å². The minimum Gasteiger partial charge on any atom is -0.327 e. The summed E-state index contributed by atoms with van der Waals surface area (Å²) in [6, 6.07) is 12.7. The van der Waals surface area contributed by atoms with Gasteiger partial charge in [0.15, 0.2) is 9.84 Å². The smallest absolute Gasteiger partial charge is 0.175 e. The summed E-state index contributed by atoms with van der Waals surface area (Å²) < 4.78 is 41.0. The van der Waals surface area contributed by atoms with Crippen LogP contribution < -0.4 is 0 Å². The molecule has 0 aliphatic carbocycles. The Kier molecular flexibility index (Phi) is 7.92. The van der Waals surface area contributed by atoms with E-state index in [-0.39, 0.29) is 16.6 Å². The number of benzene rings is 2. The maximum absolute atomic E-state index is 15.5. The van der Waals surface area contributed by atoms with Crippen LogP contribution in [0.1, 0.15) is 71.3 Å². The number of fused-ring (bicyclic) bond motifs is 1. The van der Waals surface area contributed by atoms with Crippen LogP contribution in [0.25, 0.3) is 22.4 Å². The maximum Gasteiger partial charge on any atom is 0.175 e. The zero-order chi connectivity index (χ0) is 28.1. The van der Waals surface area contributed by atoms with Gasteiger partial charge in [-0.2, -0.15) is 0 Å². The lowest BCUT2D eigenvalue weighted by Gasteiger charge is -2.50. The topological polar surface area (TPSA) is 58.4 Å². The first-order valence-electron chi connectivity index (χ1n) is 14.5. The number of sulfone groups is 1. The lowest BCUT2D eigenvalue weighted by molar-refractivity contribution is -0.000249. The van der Waals surface area contributed by atoms with Crippen molar-refractivity contribution in [2.45, 2.75) is 94.8 Å². The van der Waals surface area contributed by atoms with Crippen LogP contribution in [-0.2, 0) is 16.9 Å². The normalized spacial score (nSPS) is 24.2. The summed E-state index contributed by atoms with van der Waals surface area (Å²) in [4.78, 5) is 10.5. The fraction of sp³-hybridized carbons (Fsp3) is 0.581. The Hall–Kier alpha value is -2.29. The van der Waals surface area contributed by atoms with Crippen molar-refractivity contribution in [3.63, 3.8) is 0 Å². The summed E-state index contributed by atoms with van der Waals surface area (Å²) >= 11 is 0. The number of halogens is 1. The lowest BCUT2D eigenvalue weighted by atomic mass is 9.84. The molecule has 39 heavy (non-hydrogen) atoms. The summed E-state index contributed by atoms with van der Waals surface area (Å²) in [7, 11) is -1.39. The van der Waals surface area contributed by atoms with E-state index in [4.69, 9.17) is 4.98 Å². The molecule has 2 fully saturated rings. The number of nitrogens with zero attached hydrogens (tertiary/aromatic N) is 4. The molecule has 3 aromatic rings. The molecule has 3 heterocycles. The van der Waals surface area contributed by atoms with E-state index >= 15 is 4.39 Å². The van der Waals surface area contributed by atoms with Crippen molar-refractivity contribution in [1.82, 2.24) is 19.4 Å². The predicted molar refractivity (Wildman–Crippen MR) is 156 cm³/mol. The molecule has 0 bridgehead atoms. The Bertz CT molecular complexity index is 1430. The van der Waals surface area contributed by atoms with Crippen molar-refractivity contribution < 1.29 is 12.8 Å². The Morgan fingerprint density at radius 3 is 2.33 bits per heavy atom. The fourth-order valence-electron chi connectivity index (χ4n) is 7.24. The predicted octanol–water partition coefficient (Wildman–Crippen LogP) is 6.00. The highest BCUT2D eigenvalue weighted by atomic mass is 32.2. The van der Waals surface area contributed by atoms with E-state index in [0.29, 0.717) is 30.0 Å². The molecule has 2 aromatic carbocycles. The molecular weight excluding hydrogens is 511 g/mol. The second-order valence-electron chi connectivity index (χ2n) is 12.0. The molecule has 5 rings (SSSR count). The fourth-order valence-corrected chi connectivity index (χ4v) is 7.87. The Morgan fingerprint density at radius 2 is 1.74 bits per heavy atom. The highest BCUT2D eigenvalue weighted by molar-refractivity contribution is 7.90. The molecule has 3 unspecified atom stereocenters. The van der Waals surface area contributed by atoms with E-state index in [0.717, 1.165) is 48.1 Å². The van der Waals surface area contributed by atoms with Crippen LogP contribution in [0.4, 0.5) is 4.39 Å². The molecule has 2 aliphatic rings. The Balaban J connectivity index is 1.32. The minimum atomic E-state index is -3.27. The number of piperidine rings is 2. The first kappa shape index (κ1) is 28.2. The number of likely N-dealkylation sites (tertiary alicyclic amines) is 2. The van der Waals surface area contributed by atoms with Crippen LogP contribution in [0.15, 0.2) is 41.3 Å². The summed E-state index contributed by atoms with van der Waals surface area (Å²) in [6.45, 7) is 11.3. The zero-order valence-electron chi connectivity index (χ0n) is 24.2. The van der Waals surface area contributed by atoms with Gasteiger partial charge in [-0.15, -0.1) is 0 Å². The standard InChI is InChI=1S/C31H43FN4O2S/c1-7-24-17-25(16-21(4)36(24)20(2)3)35-14-12-22(13-15-35)27-18-29-30(19-28(27)32)34(5)31(33-29)23-8-10-26(11-9-23)39(6,37)38/h8-11,18-22,24-25H,7,12-17H2,1-6H3. The molecule has 6 nitrogen and oxygen atoms in total. The third-order valence-corrected chi connectivity index (χ3v) is 10.3. The first-order valence-corrected chi connectivity index (χ1v) is 16.3. The van der Waals surface area contributed by atoms with Gasteiger partial charge in [-0.1, -0.05) is 6.92 Å². The second kappa shape index (κ2) is 10.9. The molecule has 0 radical (unpaired) electrons. The minimum absolute atomic E-state index is 0.159. The number of hydrogen-bond donors (Lipinski definition) is 0. The zero-order valence-corrected chi connectivity index (χ0v) is 25.0. The Labute approximate surface area is 233 Å². The molecule has 0 saturated carbocycles. The number of aromatic nitrogens is 2. The van der Waals surface area contributed by atoms with Crippen LogP contribution >= 0.6 is 0 Å². The molecule has 8 heteroatoms. The molecule has 0 N–H and O–H groups in total. The maximum atomic E-state index is 15.5. The van der Waals surface area contributed by atoms with Gasteiger partial charge >= 0.3 is 0 Å². The van der Waals surface area contributed by atoms with Crippen molar-refractivity contribution in [2.75, 3.05) is 19.3 Å². The van der Waals surface area contributed by atoms with Gasteiger partial charge in [0.1, 0.15) is 11.6 Å². The van der Waals surface area contributed by atoms with Crippen LogP contribution in [-0.4, -0.2) is 71.3 Å². The van der Waals surface area contributed by atoms with Gasteiger partial charge in [0.25, 0.3) is 0 Å². The largest absolute Gasteiger partial charge is 0.327 e. The van der Waals surface area contributed by atoms with Crippen molar-refractivity contribution in [3.8, 4) is 11.4 Å². The molecule has 0 spiro atoms. The number of aryl methyl sites for hydroxylation is 1. The van der Waals surface area contributed by atoms with Gasteiger partial charge < -0.3 is 9.47 Å². The SMILES string of the molecule is CCC1CC(N2CCC(c3cc4nc(-c5ccc(S(C)(=O)=O)cc5)n(C)c4cc3F)CC2)CC(C)N1C(C)C.